The van der Waals surface area contributed by atoms with Gasteiger partial charge in [-0.25, -0.2) is 0 Å². The lowest BCUT2D eigenvalue weighted by Gasteiger charge is -2.30. The number of imidazole rings is 1. The van der Waals surface area contributed by atoms with Crippen LogP contribution in [0.5, 0.6) is 0 Å². The van der Waals surface area contributed by atoms with Crippen molar-refractivity contribution in [3.05, 3.63) is 46.5 Å². The van der Waals surface area contributed by atoms with Gasteiger partial charge in [0.25, 0.3) is 5.91 Å². The molecule has 0 unspecified atom stereocenters. The number of hydrogen-bond acceptors (Lipinski definition) is 2. The monoisotopic (exact) mass is 417 g/mol. The third-order valence-corrected chi connectivity index (χ3v) is 6.03. The summed E-state index contributed by atoms with van der Waals surface area (Å²) in [7, 11) is 0. The zero-order chi connectivity index (χ0) is 21.2. The number of rotatable bonds is 5. The van der Waals surface area contributed by atoms with E-state index in [4.69, 9.17) is 12.2 Å². The summed E-state index contributed by atoms with van der Waals surface area (Å²) < 4.78 is 5.08. The zero-order valence-corrected chi connectivity index (χ0v) is 19.2. The first-order valence-corrected chi connectivity index (χ1v) is 10.9. The van der Waals surface area contributed by atoms with E-state index in [0.717, 1.165) is 43.3 Å². The smallest absolute Gasteiger partial charge is 0.275 e. The second kappa shape index (κ2) is 8.81. The summed E-state index contributed by atoms with van der Waals surface area (Å²) in [6.45, 7) is 15.9. The van der Waals surface area contributed by atoms with Crippen LogP contribution in [-0.4, -0.2) is 53.3 Å². The summed E-state index contributed by atoms with van der Waals surface area (Å²) in [6.07, 6.45) is 4.14. The Bertz CT molecular complexity index is 916. The molecule has 29 heavy (non-hydrogen) atoms. The van der Waals surface area contributed by atoms with E-state index in [9.17, 15) is 4.79 Å². The number of aryl methyl sites for hydroxylation is 2. The summed E-state index contributed by atoms with van der Waals surface area (Å²) in [4.78, 5) is 15.0. The van der Waals surface area contributed by atoms with Crippen molar-refractivity contribution in [1.82, 2.24) is 14.5 Å². The van der Waals surface area contributed by atoms with Crippen molar-refractivity contribution in [3.63, 3.8) is 0 Å². The number of benzene rings is 1. The number of piperazine rings is 1. The zero-order valence-electron chi connectivity index (χ0n) is 18.3. The van der Waals surface area contributed by atoms with Crippen LogP contribution in [0.15, 0.2) is 30.6 Å². The van der Waals surface area contributed by atoms with Gasteiger partial charge in [0.15, 0.2) is 18.0 Å². The molecule has 0 bridgehead atoms. The Balaban J connectivity index is 1.56. The first-order valence-electron chi connectivity index (χ1n) is 10.5. The molecule has 3 rings (SSSR count). The van der Waals surface area contributed by atoms with E-state index in [1.165, 1.54) is 20.9 Å². The molecular formula is C22H35N5OS+2. The van der Waals surface area contributed by atoms with Gasteiger partial charge in [0.05, 0.1) is 0 Å². The Kier molecular flexibility index (Phi) is 6.61. The van der Waals surface area contributed by atoms with Gasteiger partial charge in [-0.3, -0.25) is 13.9 Å². The third-order valence-electron chi connectivity index (χ3n) is 5.60. The molecule has 2 heterocycles. The molecular weight excluding hydrogens is 382 g/mol. The van der Waals surface area contributed by atoms with Crippen LogP contribution in [0.25, 0.3) is 5.69 Å². The molecule has 1 aromatic carbocycles. The van der Waals surface area contributed by atoms with E-state index in [-0.39, 0.29) is 11.4 Å². The third kappa shape index (κ3) is 5.78. The minimum absolute atomic E-state index is 0.142. The standard InChI is InChI=1S/C22H33N5OS/c1-17-6-7-19(14-18(17)2)27-13-12-26(21(27)29)16-25-10-8-24(9-11-25)15-20(28)23-22(3,4)5/h6-7,12-14H,8-11,15-16H2,1-5H3,(H,23,28)/p+2. The van der Waals surface area contributed by atoms with Crippen molar-refractivity contribution < 1.29 is 14.6 Å². The minimum Gasteiger partial charge on any atom is -0.347 e. The van der Waals surface area contributed by atoms with Crippen molar-refractivity contribution in [3.8, 4) is 5.69 Å². The van der Waals surface area contributed by atoms with Crippen molar-refractivity contribution >= 4 is 18.1 Å². The van der Waals surface area contributed by atoms with Crippen molar-refractivity contribution in [2.75, 3.05) is 32.7 Å². The molecule has 6 nitrogen and oxygen atoms in total. The highest BCUT2D eigenvalue weighted by atomic mass is 32.1. The highest BCUT2D eigenvalue weighted by molar-refractivity contribution is 7.71. The number of aromatic nitrogens is 2. The summed E-state index contributed by atoms with van der Waals surface area (Å²) >= 11 is 5.74. The van der Waals surface area contributed by atoms with Gasteiger partial charge in [0.2, 0.25) is 0 Å². The first kappa shape index (κ1) is 21.7. The lowest BCUT2D eigenvalue weighted by Crippen LogP contribution is -3.28. The van der Waals surface area contributed by atoms with Gasteiger partial charge >= 0.3 is 0 Å². The Labute approximate surface area is 179 Å². The largest absolute Gasteiger partial charge is 0.347 e. The summed E-state index contributed by atoms with van der Waals surface area (Å²) in [5.41, 5.74) is 3.52. The Hall–Kier alpha value is -1.96. The van der Waals surface area contributed by atoms with Crippen LogP contribution in [0.2, 0.25) is 0 Å². The second-order valence-electron chi connectivity index (χ2n) is 9.32. The number of carbonyl (C=O) groups is 1. The Morgan fingerprint density at radius 3 is 2.34 bits per heavy atom. The fourth-order valence-electron chi connectivity index (χ4n) is 3.83. The normalized spacial score (nSPS) is 19.9. The number of quaternary nitrogens is 2. The fourth-order valence-corrected chi connectivity index (χ4v) is 4.12. The number of hydrogen-bond donors (Lipinski definition) is 3. The van der Waals surface area contributed by atoms with Gasteiger partial charge in [-0.2, -0.15) is 0 Å². The van der Waals surface area contributed by atoms with Gasteiger partial charge in [-0.05, 0) is 70.1 Å². The van der Waals surface area contributed by atoms with Gasteiger partial charge in [0.1, 0.15) is 26.2 Å². The topological polar surface area (TPSA) is 47.8 Å². The molecule has 158 valence electrons. The van der Waals surface area contributed by atoms with E-state index < -0.39 is 0 Å². The molecule has 1 aliphatic rings. The quantitative estimate of drug-likeness (QED) is 0.612. The first-order chi connectivity index (χ1) is 13.6. The van der Waals surface area contributed by atoms with Gasteiger partial charge in [0, 0.05) is 23.6 Å². The van der Waals surface area contributed by atoms with Gasteiger partial charge in [-0.1, -0.05) is 6.07 Å². The van der Waals surface area contributed by atoms with Crippen LogP contribution in [0.1, 0.15) is 31.9 Å². The summed E-state index contributed by atoms with van der Waals surface area (Å²) in [6, 6.07) is 6.46. The van der Waals surface area contributed by atoms with Crippen LogP contribution in [0, 0.1) is 18.6 Å². The number of carbonyl (C=O) groups excluding carboxylic acids is 1. The maximum absolute atomic E-state index is 12.2. The predicted molar refractivity (Wildman–Crippen MR) is 118 cm³/mol. The average molecular weight is 418 g/mol. The van der Waals surface area contributed by atoms with E-state index in [2.05, 4.69) is 58.9 Å². The van der Waals surface area contributed by atoms with Crippen molar-refractivity contribution in [2.45, 2.75) is 46.8 Å². The van der Waals surface area contributed by atoms with Crippen LogP contribution in [0.3, 0.4) is 0 Å². The molecule has 0 aliphatic carbocycles. The van der Waals surface area contributed by atoms with Crippen LogP contribution < -0.4 is 15.1 Å². The van der Waals surface area contributed by atoms with Crippen LogP contribution >= 0.6 is 12.2 Å². The molecule has 2 aromatic rings. The van der Waals surface area contributed by atoms with Crippen LogP contribution in [0.4, 0.5) is 0 Å². The highest BCUT2D eigenvalue weighted by Crippen LogP contribution is 2.15. The van der Waals surface area contributed by atoms with Crippen LogP contribution in [-0.2, 0) is 11.5 Å². The molecule has 1 fully saturated rings. The maximum Gasteiger partial charge on any atom is 0.275 e. The molecule has 1 aromatic heterocycles. The lowest BCUT2D eigenvalue weighted by atomic mass is 10.1. The molecule has 0 atom stereocenters. The predicted octanol–water partition coefficient (Wildman–Crippen LogP) is 0.281. The molecule has 1 amide bonds. The summed E-state index contributed by atoms with van der Waals surface area (Å²) in [5, 5.41) is 3.06. The highest BCUT2D eigenvalue weighted by Gasteiger charge is 2.26. The fraction of sp³-hybridized carbons (Fsp3) is 0.545. The SMILES string of the molecule is Cc1ccc(-n2ccn(C[NH+]3CC[NH+](CC(=O)NC(C)(C)C)CC3)c2=S)cc1C. The maximum atomic E-state index is 12.2. The Morgan fingerprint density at radius 1 is 1.07 bits per heavy atom. The van der Waals surface area contributed by atoms with E-state index in [0.29, 0.717) is 6.54 Å². The molecule has 3 N–H and O–H groups in total. The lowest BCUT2D eigenvalue weighted by molar-refractivity contribution is -1.02. The van der Waals surface area contributed by atoms with Crippen molar-refractivity contribution in [1.29, 1.82) is 0 Å². The second-order valence-corrected chi connectivity index (χ2v) is 9.69. The Morgan fingerprint density at radius 2 is 1.72 bits per heavy atom. The molecule has 0 saturated carbocycles. The molecule has 1 saturated heterocycles. The summed E-state index contributed by atoms with van der Waals surface area (Å²) in [5.74, 6) is 0.142. The minimum atomic E-state index is -0.163. The number of nitrogens with zero attached hydrogens (tertiary/aromatic N) is 2. The van der Waals surface area contributed by atoms with Crippen molar-refractivity contribution in [2.24, 2.45) is 0 Å². The molecule has 1 aliphatic heterocycles. The van der Waals surface area contributed by atoms with Gasteiger partial charge < -0.3 is 15.1 Å². The van der Waals surface area contributed by atoms with E-state index >= 15 is 0 Å². The molecule has 7 heteroatoms. The molecule has 0 spiro atoms. The average Bonchev–Trinajstić information content (AvgIpc) is 2.98. The molecule has 0 radical (unpaired) electrons. The number of amides is 1. The van der Waals surface area contributed by atoms with Gasteiger partial charge in [-0.15, -0.1) is 0 Å². The number of nitrogens with one attached hydrogen (secondary N) is 3. The van der Waals surface area contributed by atoms with E-state index in [1.807, 2.05) is 20.8 Å². The van der Waals surface area contributed by atoms with E-state index in [1.54, 1.807) is 0 Å².